The first-order valence-electron chi connectivity index (χ1n) is 6.59. The standard InChI is InChI=1S/C16H15ClFNO/c17-13-8-12(6-7-14(13)18)16-9-19-15(10-20-16)11-4-2-1-3-5-11/h1-8,15-16,19H,9-10H2. The molecule has 0 aliphatic carbocycles. The lowest BCUT2D eigenvalue weighted by atomic mass is 10.0. The highest BCUT2D eigenvalue weighted by Crippen LogP contribution is 2.27. The summed E-state index contributed by atoms with van der Waals surface area (Å²) < 4.78 is 19.0. The number of ether oxygens (including phenoxy) is 1. The van der Waals surface area contributed by atoms with Gasteiger partial charge in [-0.05, 0) is 23.3 Å². The van der Waals surface area contributed by atoms with Crippen LogP contribution in [0, 0.1) is 5.82 Å². The fourth-order valence-electron chi connectivity index (χ4n) is 2.41. The zero-order valence-electron chi connectivity index (χ0n) is 10.9. The summed E-state index contributed by atoms with van der Waals surface area (Å²) >= 11 is 5.81. The van der Waals surface area contributed by atoms with Gasteiger partial charge in [0.05, 0.1) is 23.8 Å². The van der Waals surface area contributed by atoms with Crippen LogP contribution >= 0.6 is 11.6 Å². The minimum absolute atomic E-state index is 0.0898. The average Bonchev–Trinajstić information content (AvgIpc) is 2.51. The van der Waals surface area contributed by atoms with Gasteiger partial charge in [-0.25, -0.2) is 4.39 Å². The summed E-state index contributed by atoms with van der Waals surface area (Å²) in [6.07, 6.45) is -0.0898. The minimum Gasteiger partial charge on any atom is -0.370 e. The van der Waals surface area contributed by atoms with E-state index in [1.807, 2.05) is 18.2 Å². The third-order valence-electron chi connectivity index (χ3n) is 3.53. The van der Waals surface area contributed by atoms with Gasteiger partial charge in [-0.1, -0.05) is 48.0 Å². The van der Waals surface area contributed by atoms with Crippen LogP contribution in [0.3, 0.4) is 0 Å². The number of rotatable bonds is 2. The molecule has 1 N–H and O–H groups in total. The molecule has 2 aromatic carbocycles. The van der Waals surface area contributed by atoms with Crippen LogP contribution in [-0.4, -0.2) is 13.2 Å². The topological polar surface area (TPSA) is 21.3 Å². The second-order valence-corrected chi connectivity index (χ2v) is 5.27. The number of benzene rings is 2. The first-order chi connectivity index (χ1) is 9.74. The summed E-state index contributed by atoms with van der Waals surface area (Å²) in [5, 5.41) is 3.59. The van der Waals surface area contributed by atoms with E-state index < -0.39 is 5.82 Å². The summed E-state index contributed by atoms with van der Waals surface area (Å²) in [5.41, 5.74) is 2.11. The van der Waals surface area contributed by atoms with Crippen LogP contribution in [0.25, 0.3) is 0 Å². The molecule has 1 saturated heterocycles. The average molecular weight is 292 g/mol. The van der Waals surface area contributed by atoms with Crippen LogP contribution in [0.4, 0.5) is 4.39 Å². The molecule has 1 aliphatic heterocycles. The lowest BCUT2D eigenvalue weighted by molar-refractivity contribution is 0.00235. The zero-order chi connectivity index (χ0) is 13.9. The molecule has 0 aromatic heterocycles. The van der Waals surface area contributed by atoms with Crippen LogP contribution in [0.5, 0.6) is 0 Å². The van der Waals surface area contributed by atoms with Gasteiger partial charge in [-0.3, -0.25) is 0 Å². The summed E-state index contributed by atoms with van der Waals surface area (Å²) in [5.74, 6) is -0.402. The molecule has 0 radical (unpaired) electrons. The van der Waals surface area contributed by atoms with Crippen molar-refractivity contribution in [2.24, 2.45) is 0 Å². The van der Waals surface area contributed by atoms with Crippen molar-refractivity contribution in [2.75, 3.05) is 13.2 Å². The Morgan fingerprint density at radius 2 is 1.90 bits per heavy atom. The number of hydrogen-bond donors (Lipinski definition) is 1. The Morgan fingerprint density at radius 3 is 2.55 bits per heavy atom. The maximum Gasteiger partial charge on any atom is 0.141 e. The smallest absolute Gasteiger partial charge is 0.141 e. The zero-order valence-corrected chi connectivity index (χ0v) is 11.6. The normalized spacial score (nSPS) is 22.7. The molecule has 0 saturated carbocycles. The molecule has 1 fully saturated rings. The molecule has 0 bridgehead atoms. The van der Waals surface area contributed by atoms with Crippen molar-refractivity contribution in [3.8, 4) is 0 Å². The second-order valence-electron chi connectivity index (χ2n) is 4.87. The van der Waals surface area contributed by atoms with Gasteiger partial charge >= 0.3 is 0 Å². The molecule has 104 valence electrons. The Hall–Kier alpha value is -1.42. The SMILES string of the molecule is Fc1ccc(C2CNC(c3ccccc3)CO2)cc1Cl. The van der Waals surface area contributed by atoms with Gasteiger partial charge in [-0.2, -0.15) is 0 Å². The van der Waals surface area contributed by atoms with Crippen molar-refractivity contribution in [1.82, 2.24) is 5.32 Å². The summed E-state index contributed by atoms with van der Waals surface area (Å²) in [7, 11) is 0. The number of morpholine rings is 1. The predicted molar refractivity (Wildman–Crippen MR) is 77.3 cm³/mol. The molecular weight excluding hydrogens is 277 g/mol. The van der Waals surface area contributed by atoms with E-state index in [2.05, 4.69) is 17.4 Å². The van der Waals surface area contributed by atoms with Crippen LogP contribution in [0.1, 0.15) is 23.3 Å². The van der Waals surface area contributed by atoms with Crippen molar-refractivity contribution in [1.29, 1.82) is 0 Å². The number of halogens is 2. The van der Waals surface area contributed by atoms with Crippen molar-refractivity contribution < 1.29 is 9.13 Å². The van der Waals surface area contributed by atoms with Gasteiger partial charge in [0, 0.05) is 6.54 Å². The number of nitrogens with one attached hydrogen (secondary N) is 1. The quantitative estimate of drug-likeness (QED) is 0.906. The molecule has 2 nitrogen and oxygen atoms in total. The first-order valence-corrected chi connectivity index (χ1v) is 6.97. The molecule has 2 unspecified atom stereocenters. The molecule has 1 heterocycles. The van der Waals surface area contributed by atoms with Gasteiger partial charge in [0.15, 0.2) is 0 Å². The first kappa shape index (κ1) is 13.6. The van der Waals surface area contributed by atoms with E-state index in [0.717, 1.165) is 5.56 Å². The molecule has 2 aromatic rings. The molecular formula is C16H15ClFNO. The van der Waals surface area contributed by atoms with E-state index >= 15 is 0 Å². The van der Waals surface area contributed by atoms with Crippen LogP contribution in [0.15, 0.2) is 48.5 Å². The monoisotopic (exact) mass is 291 g/mol. The summed E-state index contributed by atoms with van der Waals surface area (Å²) in [6.45, 7) is 1.27. The van der Waals surface area contributed by atoms with E-state index in [0.29, 0.717) is 13.2 Å². The van der Waals surface area contributed by atoms with Crippen molar-refractivity contribution >= 4 is 11.6 Å². The third-order valence-corrected chi connectivity index (χ3v) is 3.82. The Morgan fingerprint density at radius 1 is 1.10 bits per heavy atom. The van der Waals surface area contributed by atoms with Crippen molar-refractivity contribution in [3.63, 3.8) is 0 Å². The highest BCUT2D eigenvalue weighted by Gasteiger charge is 2.23. The van der Waals surface area contributed by atoms with Gasteiger partial charge in [0.2, 0.25) is 0 Å². The van der Waals surface area contributed by atoms with Gasteiger partial charge in [0.25, 0.3) is 0 Å². The molecule has 4 heteroatoms. The Labute approximate surface area is 122 Å². The van der Waals surface area contributed by atoms with E-state index in [1.165, 1.54) is 11.6 Å². The summed E-state index contributed by atoms with van der Waals surface area (Å²) in [6, 6.07) is 15.1. The maximum absolute atomic E-state index is 13.2. The maximum atomic E-state index is 13.2. The molecule has 0 spiro atoms. The predicted octanol–water partition coefficient (Wildman–Crippen LogP) is 3.88. The van der Waals surface area contributed by atoms with Gasteiger partial charge in [0.1, 0.15) is 5.82 Å². The van der Waals surface area contributed by atoms with Crippen molar-refractivity contribution in [3.05, 3.63) is 70.5 Å². The van der Waals surface area contributed by atoms with E-state index in [9.17, 15) is 4.39 Å². The highest BCUT2D eigenvalue weighted by atomic mass is 35.5. The van der Waals surface area contributed by atoms with E-state index in [1.54, 1.807) is 12.1 Å². The van der Waals surface area contributed by atoms with Gasteiger partial charge in [-0.15, -0.1) is 0 Å². The molecule has 1 aliphatic rings. The number of hydrogen-bond acceptors (Lipinski definition) is 2. The highest BCUT2D eigenvalue weighted by molar-refractivity contribution is 6.30. The Kier molecular flexibility index (Phi) is 4.01. The lowest BCUT2D eigenvalue weighted by Crippen LogP contribution is -2.36. The minimum atomic E-state index is -0.402. The Balaban J connectivity index is 1.68. The fraction of sp³-hybridized carbons (Fsp3) is 0.250. The van der Waals surface area contributed by atoms with Crippen LogP contribution in [-0.2, 0) is 4.74 Å². The second kappa shape index (κ2) is 5.92. The molecule has 0 amide bonds. The van der Waals surface area contributed by atoms with E-state index in [-0.39, 0.29) is 17.2 Å². The molecule has 3 rings (SSSR count). The Bertz CT molecular complexity index is 582. The van der Waals surface area contributed by atoms with Gasteiger partial charge < -0.3 is 10.1 Å². The largest absolute Gasteiger partial charge is 0.370 e. The lowest BCUT2D eigenvalue weighted by Gasteiger charge is -2.31. The molecule has 20 heavy (non-hydrogen) atoms. The summed E-state index contributed by atoms with van der Waals surface area (Å²) in [4.78, 5) is 0. The van der Waals surface area contributed by atoms with Crippen LogP contribution < -0.4 is 5.32 Å². The molecule has 2 atom stereocenters. The fourth-order valence-corrected chi connectivity index (χ4v) is 2.59. The van der Waals surface area contributed by atoms with E-state index in [4.69, 9.17) is 16.3 Å². The van der Waals surface area contributed by atoms with Crippen LogP contribution in [0.2, 0.25) is 5.02 Å². The third kappa shape index (κ3) is 2.85. The van der Waals surface area contributed by atoms with Crippen molar-refractivity contribution in [2.45, 2.75) is 12.1 Å².